The number of hydrogen-bond acceptors (Lipinski definition) is 22. The first-order chi connectivity index (χ1) is 37.3. The van der Waals surface area contributed by atoms with E-state index >= 15 is 0 Å². The molecule has 23 nitrogen and oxygen atoms in total. The summed E-state index contributed by atoms with van der Waals surface area (Å²) < 4.78 is 55.0. The highest BCUT2D eigenvalue weighted by Gasteiger charge is 2.74. The molecule has 11 N–H and O–H groups in total. The Hall–Kier alpha value is -2.79. The summed E-state index contributed by atoms with van der Waals surface area (Å²) >= 11 is 0. The fourth-order valence-corrected chi connectivity index (χ4v) is 16.6. The maximum absolute atomic E-state index is 13.9. The molecule has 4 saturated carbocycles. The number of aliphatic carboxylic acids is 1. The number of aliphatic hydroxyl groups is 10. The van der Waals surface area contributed by atoms with Crippen molar-refractivity contribution in [1.82, 2.24) is 0 Å². The number of fused-ring (bicyclic) bond motifs is 7. The van der Waals surface area contributed by atoms with E-state index in [4.69, 9.17) is 42.6 Å². The van der Waals surface area contributed by atoms with Gasteiger partial charge in [-0.25, -0.2) is 14.4 Å². The first-order valence-electron chi connectivity index (χ1n) is 28.5. The molecular weight excluding hydrogens is 1050 g/mol. The monoisotopic (exact) mass is 1140 g/mol. The molecule has 5 aliphatic carbocycles. The van der Waals surface area contributed by atoms with Crippen molar-refractivity contribution < 1.29 is 113 Å². The molecule has 27 unspecified atom stereocenters. The van der Waals surface area contributed by atoms with Crippen molar-refractivity contribution in [3.8, 4) is 0 Å². The third-order valence-electron chi connectivity index (χ3n) is 22.0. The van der Waals surface area contributed by atoms with Crippen LogP contribution in [0, 0.1) is 50.2 Å². The number of ether oxygens (including phenoxy) is 9. The minimum atomic E-state index is -2.11. The molecule has 454 valence electrons. The van der Waals surface area contributed by atoms with Gasteiger partial charge in [-0.3, -0.25) is 0 Å². The van der Waals surface area contributed by atoms with Gasteiger partial charge in [0.25, 0.3) is 0 Å². The topological polar surface area (TPSA) is 360 Å². The number of aliphatic hydroxyl groups excluding tert-OH is 10. The van der Waals surface area contributed by atoms with Crippen molar-refractivity contribution >= 4 is 17.9 Å². The molecule has 0 aromatic carbocycles. The van der Waals surface area contributed by atoms with Crippen LogP contribution in [0.3, 0.4) is 0 Å². The molecule has 0 bridgehead atoms. The molecule has 23 heteroatoms. The lowest BCUT2D eigenvalue weighted by Gasteiger charge is -2.72. The summed E-state index contributed by atoms with van der Waals surface area (Å²) in [6.07, 6.45) is -22.4. The van der Waals surface area contributed by atoms with E-state index < -0.39 is 198 Å². The van der Waals surface area contributed by atoms with Gasteiger partial charge in [0.15, 0.2) is 36.7 Å². The molecule has 0 amide bonds. The largest absolute Gasteiger partial charge is 0.479 e. The lowest BCUT2D eigenvalue weighted by Crippen LogP contribution is -2.72. The average molecular weight is 1140 g/mol. The van der Waals surface area contributed by atoms with E-state index in [0.29, 0.717) is 44.1 Å². The van der Waals surface area contributed by atoms with Gasteiger partial charge in [0.2, 0.25) is 0 Å². The van der Waals surface area contributed by atoms with Crippen LogP contribution < -0.4 is 0 Å². The Kier molecular flexibility index (Phi) is 16.7. The van der Waals surface area contributed by atoms with Crippen molar-refractivity contribution in [1.29, 1.82) is 0 Å². The molecular formula is C57H88O23. The van der Waals surface area contributed by atoms with Crippen LogP contribution in [0.1, 0.15) is 121 Å². The van der Waals surface area contributed by atoms with E-state index in [9.17, 15) is 70.6 Å². The Morgan fingerprint density at radius 3 is 1.85 bits per heavy atom. The van der Waals surface area contributed by atoms with E-state index in [1.807, 2.05) is 13.8 Å². The van der Waals surface area contributed by atoms with Crippen LogP contribution in [-0.4, -0.2) is 216 Å². The smallest absolute Gasteiger partial charge is 0.341 e. The minimum absolute atomic E-state index is 0.0163. The number of carbonyl (C=O) groups excluding carboxylic acids is 2. The van der Waals surface area contributed by atoms with E-state index in [-0.39, 0.29) is 18.3 Å². The molecule has 27 atom stereocenters. The fourth-order valence-electron chi connectivity index (χ4n) is 16.6. The Morgan fingerprint density at radius 2 is 1.29 bits per heavy atom. The number of epoxide rings is 1. The van der Waals surface area contributed by atoms with Crippen LogP contribution in [0.25, 0.3) is 0 Å². The molecule has 4 saturated heterocycles. The van der Waals surface area contributed by atoms with Crippen molar-refractivity contribution in [2.24, 2.45) is 50.2 Å². The lowest BCUT2D eigenvalue weighted by atomic mass is 9.33. The van der Waals surface area contributed by atoms with Crippen LogP contribution in [0.2, 0.25) is 0 Å². The standard InChI is InChI=1S/C57H88O23/c1-12-24(2)46(70)78-44-43(79-50(71)56(11)25(3)80-56)51(4,5)19-27-26-13-14-31-53(8)17-16-33(52(6,7)30(53)15-18-54(31,9)55(26,10)20-32(61)57(27,44)23-60)74-49-42(77-48-38(66)36(64)34(62)28(21-58)72-48)40(39(67)41(76-49)45(68)69)75-47-37(65)35(63)29(22-59)73-47/h12-13,25,27-44,47-49,58-67H,14-23H2,1-11H3,(H,68,69). The highest BCUT2D eigenvalue weighted by molar-refractivity contribution is 5.88. The van der Waals surface area contributed by atoms with Crippen molar-refractivity contribution in [2.75, 3.05) is 19.8 Å². The SMILES string of the molecule is CC=C(C)C(=O)OC1C(OC(=O)C2(C)OC2C)C(C)(C)CC2C3=CCC4C5(C)CCC(OC6OC(C(=O)O)C(O)C(OC7OC(CO)C(O)C7O)C6OC6OC(CO)C(O)C(O)C6O)C(C)(C)C5CCC4(C)C3(C)CC(O)C21CO. The Bertz CT molecular complexity index is 2400. The summed E-state index contributed by atoms with van der Waals surface area (Å²) in [5, 5.41) is 121. The maximum atomic E-state index is 13.9. The summed E-state index contributed by atoms with van der Waals surface area (Å²) in [4.78, 5) is 40.7. The quantitative estimate of drug-likeness (QED) is 0.0371. The molecule has 0 aromatic heterocycles. The second kappa shape index (κ2) is 21.6. The van der Waals surface area contributed by atoms with Crippen molar-refractivity contribution in [3.63, 3.8) is 0 Å². The Morgan fingerprint density at radius 1 is 0.700 bits per heavy atom. The van der Waals surface area contributed by atoms with E-state index in [1.54, 1.807) is 33.8 Å². The van der Waals surface area contributed by atoms with Gasteiger partial charge in [0, 0.05) is 11.0 Å². The van der Waals surface area contributed by atoms with Gasteiger partial charge in [0.1, 0.15) is 67.1 Å². The Balaban J connectivity index is 1.03. The first kappa shape index (κ1) is 61.8. The molecule has 0 spiro atoms. The third kappa shape index (κ3) is 9.46. The number of carbonyl (C=O) groups is 3. The zero-order valence-electron chi connectivity index (χ0n) is 47.7. The van der Waals surface area contributed by atoms with Gasteiger partial charge in [-0.1, -0.05) is 66.2 Å². The lowest BCUT2D eigenvalue weighted by molar-refractivity contribution is -0.386. The number of esters is 2. The first-order valence-corrected chi connectivity index (χ1v) is 28.5. The normalized spacial score (nSPS) is 51.4. The Labute approximate surface area is 466 Å². The van der Waals surface area contributed by atoms with Gasteiger partial charge >= 0.3 is 17.9 Å². The van der Waals surface area contributed by atoms with E-state index in [2.05, 4.69) is 40.7 Å². The highest BCUT2D eigenvalue weighted by Crippen LogP contribution is 2.76. The highest BCUT2D eigenvalue weighted by atomic mass is 16.8. The van der Waals surface area contributed by atoms with Gasteiger partial charge in [-0.05, 0) is 112 Å². The van der Waals surface area contributed by atoms with Crippen molar-refractivity contribution in [3.05, 3.63) is 23.3 Å². The summed E-state index contributed by atoms with van der Waals surface area (Å²) in [6.45, 7) is 19.4. The number of allylic oxidation sites excluding steroid dienone is 3. The molecule has 9 rings (SSSR count). The average Bonchev–Trinajstić information content (AvgIpc) is 4.08. The van der Waals surface area contributed by atoms with Crippen LogP contribution in [0.5, 0.6) is 0 Å². The minimum Gasteiger partial charge on any atom is -0.479 e. The van der Waals surface area contributed by atoms with Crippen LogP contribution in [-0.2, 0) is 57.0 Å². The molecule has 4 heterocycles. The summed E-state index contributed by atoms with van der Waals surface area (Å²) in [5.41, 5.74) is -4.36. The molecule has 4 aliphatic heterocycles. The number of carboxylic acids is 1. The second-order valence-electron chi connectivity index (χ2n) is 26.9. The van der Waals surface area contributed by atoms with Crippen LogP contribution >= 0.6 is 0 Å². The molecule has 8 fully saturated rings. The summed E-state index contributed by atoms with van der Waals surface area (Å²) in [5.74, 6) is -3.47. The number of carboxylic acid groups (broad SMARTS) is 1. The van der Waals surface area contributed by atoms with Crippen LogP contribution in [0.15, 0.2) is 23.3 Å². The van der Waals surface area contributed by atoms with Gasteiger partial charge in [-0.15, -0.1) is 0 Å². The third-order valence-corrected chi connectivity index (χ3v) is 22.0. The van der Waals surface area contributed by atoms with Crippen molar-refractivity contribution in [2.45, 2.75) is 243 Å². The van der Waals surface area contributed by atoms with E-state index in [1.165, 1.54) is 0 Å². The summed E-state index contributed by atoms with van der Waals surface area (Å²) in [6, 6.07) is 0. The fraction of sp³-hybridized carbons (Fsp3) is 0.877. The second-order valence-corrected chi connectivity index (χ2v) is 26.9. The maximum Gasteiger partial charge on any atom is 0.341 e. The molecule has 80 heavy (non-hydrogen) atoms. The van der Waals surface area contributed by atoms with E-state index in [0.717, 1.165) is 5.57 Å². The number of rotatable bonds is 14. The zero-order chi connectivity index (χ0) is 58.9. The molecule has 9 aliphatic rings. The van der Waals surface area contributed by atoms with Gasteiger partial charge in [-0.2, -0.15) is 0 Å². The van der Waals surface area contributed by atoms with Gasteiger partial charge in [0.05, 0.1) is 43.5 Å². The van der Waals surface area contributed by atoms with Crippen LogP contribution in [0.4, 0.5) is 0 Å². The summed E-state index contributed by atoms with van der Waals surface area (Å²) in [7, 11) is 0. The van der Waals surface area contributed by atoms with Gasteiger partial charge < -0.3 is 98.8 Å². The predicted octanol–water partition coefficient (Wildman–Crippen LogP) is 0.503. The number of hydrogen-bond donors (Lipinski definition) is 11. The molecule has 0 radical (unpaired) electrons. The predicted molar refractivity (Wildman–Crippen MR) is 275 cm³/mol. The zero-order valence-corrected chi connectivity index (χ0v) is 47.7. The molecule has 0 aromatic rings.